The Balaban J connectivity index is 1.56. The Hall–Kier alpha value is -4.30. The van der Waals surface area contributed by atoms with Crippen molar-refractivity contribution < 1.29 is 4.74 Å². The number of ether oxygens (including phenoxy) is 1. The zero-order valence-electron chi connectivity index (χ0n) is 18.7. The summed E-state index contributed by atoms with van der Waals surface area (Å²) < 4.78 is 6.03. The molecule has 5 aromatic carbocycles. The zero-order valence-corrected chi connectivity index (χ0v) is 18.7. The van der Waals surface area contributed by atoms with E-state index in [0.717, 1.165) is 24.5 Å². The number of benzene rings is 5. The molecular weight excluding hydrogens is 414 g/mol. The molecule has 0 saturated carbocycles. The summed E-state index contributed by atoms with van der Waals surface area (Å²) >= 11 is 0. The van der Waals surface area contributed by atoms with Crippen molar-refractivity contribution in [1.29, 1.82) is 0 Å². The molecule has 2 nitrogen and oxygen atoms in total. The minimum Gasteiger partial charge on any atom is -0.493 e. The summed E-state index contributed by atoms with van der Waals surface area (Å²) in [7, 11) is 0. The molecule has 0 bridgehead atoms. The van der Waals surface area contributed by atoms with Gasteiger partial charge in [0.15, 0.2) is 0 Å². The molecule has 0 spiro atoms. The molecule has 2 heteroatoms. The second-order valence-corrected chi connectivity index (χ2v) is 8.85. The van der Waals surface area contributed by atoms with E-state index in [2.05, 4.69) is 120 Å². The highest BCUT2D eigenvalue weighted by molar-refractivity contribution is 6.04. The highest BCUT2D eigenvalue weighted by Gasteiger charge is 2.31. The number of nitrogens with zero attached hydrogens (tertiary/aromatic N) is 1. The molecule has 0 aliphatic carbocycles. The van der Waals surface area contributed by atoms with Crippen LogP contribution in [0.4, 0.5) is 17.1 Å². The van der Waals surface area contributed by atoms with Crippen LogP contribution in [-0.2, 0) is 6.42 Å². The number of fused-ring (bicyclic) bond motifs is 7. The van der Waals surface area contributed by atoms with Crippen LogP contribution in [0.25, 0.3) is 33.4 Å². The average Bonchev–Trinajstić information content (AvgIpc) is 3.35. The van der Waals surface area contributed by atoms with Gasteiger partial charge in [0.2, 0.25) is 0 Å². The van der Waals surface area contributed by atoms with Crippen molar-refractivity contribution >= 4 is 17.1 Å². The summed E-state index contributed by atoms with van der Waals surface area (Å²) in [5.74, 6) is 1.000. The molecule has 0 fully saturated rings. The predicted molar refractivity (Wildman–Crippen MR) is 140 cm³/mol. The van der Waals surface area contributed by atoms with E-state index in [1.165, 1.54) is 50.3 Å². The van der Waals surface area contributed by atoms with Crippen molar-refractivity contribution in [2.24, 2.45) is 0 Å². The maximum absolute atomic E-state index is 6.03. The van der Waals surface area contributed by atoms with E-state index in [1.807, 2.05) is 0 Å². The van der Waals surface area contributed by atoms with Gasteiger partial charge in [-0.25, -0.2) is 0 Å². The molecule has 0 aromatic heterocycles. The molecule has 2 aliphatic rings. The van der Waals surface area contributed by atoms with E-state index in [4.69, 9.17) is 4.74 Å². The van der Waals surface area contributed by atoms with Crippen LogP contribution in [-0.4, -0.2) is 6.61 Å². The Morgan fingerprint density at radius 3 is 2.12 bits per heavy atom. The van der Waals surface area contributed by atoms with Crippen LogP contribution in [0.5, 0.6) is 5.75 Å². The topological polar surface area (TPSA) is 12.5 Å². The third-order valence-corrected chi connectivity index (χ3v) is 6.94. The van der Waals surface area contributed by atoms with Crippen LogP contribution in [0.3, 0.4) is 0 Å². The summed E-state index contributed by atoms with van der Waals surface area (Å²) in [6, 6.07) is 41.4. The molecule has 5 aromatic rings. The maximum Gasteiger partial charge on any atom is 0.124 e. The second kappa shape index (κ2) is 7.64. The van der Waals surface area contributed by atoms with Crippen LogP contribution >= 0.6 is 0 Å². The van der Waals surface area contributed by atoms with Gasteiger partial charge in [0.25, 0.3) is 0 Å². The third kappa shape index (κ3) is 2.89. The van der Waals surface area contributed by atoms with Gasteiger partial charge in [-0.05, 0) is 52.6 Å². The van der Waals surface area contributed by atoms with Gasteiger partial charge in [-0.1, -0.05) is 84.9 Å². The molecule has 0 saturated heterocycles. The molecule has 0 N–H and O–H groups in total. The quantitative estimate of drug-likeness (QED) is 0.270. The summed E-state index contributed by atoms with van der Waals surface area (Å²) in [5, 5.41) is 0. The molecule has 0 radical (unpaired) electrons. The minimum absolute atomic E-state index is 0.729. The van der Waals surface area contributed by atoms with Crippen LogP contribution in [0, 0.1) is 0 Å². The Bertz CT molecular complexity index is 1540. The second-order valence-electron chi connectivity index (χ2n) is 8.85. The van der Waals surface area contributed by atoms with Crippen LogP contribution in [0.2, 0.25) is 0 Å². The predicted octanol–water partition coefficient (Wildman–Crippen LogP) is 8.41. The number of hydrogen-bond donors (Lipinski definition) is 0. The molecule has 0 amide bonds. The van der Waals surface area contributed by atoms with E-state index in [1.54, 1.807) is 0 Å². The lowest BCUT2D eigenvalue weighted by molar-refractivity contribution is 0.357. The molecular formula is C32H23NO. The van der Waals surface area contributed by atoms with Crippen LogP contribution in [0.15, 0.2) is 115 Å². The van der Waals surface area contributed by atoms with Crippen LogP contribution < -0.4 is 9.64 Å². The van der Waals surface area contributed by atoms with Gasteiger partial charge in [-0.3, -0.25) is 0 Å². The average molecular weight is 438 g/mol. The summed E-state index contributed by atoms with van der Waals surface area (Å²) in [6.07, 6.45) is 0.914. The van der Waals surface area contributed by atoms with Gasteiger partial charge in [0.1, 0.15) is 5.75 Å². The summed E-state index contributed by atoms with van der Waals surface area (Å²) in [5.41, 5.74) is 12.3. The first-order valence-electron chi connectivity index (χ1n) is 11.8. The van der Waals surface area contributed by atoms with E-state index < -0.39 is 0 Å². The Morgan fingerprint density at radius 2 is 1.26 bits per heavy atom. The first-order chi connectivity index (χ1) is 16.9. The fraction of sp³-hybridized carbons (Fsp3) is 0.0625. The molecule has 0 atom stereocenters. The number of anilines is 3. The van der Waals surface area contributed by atoms with E-state index >= 15 is 0 Å². The standard InChI is InChI=1S/C32H23NO/c1-2-9-22(10-3-1)23-11-8-12-24(21-23)33-30-16-7-6-15-27(30)25-13-4-5-14-26(25)28-17-18-31-29(32(28)33)19-20-34-31/h1-18,21H,19-20H2. The Kier molecular flexibility index (Phi) is 4.31. The van der Waals surface area contributed by atoms with Gasteiger partial charge < -0.3 is 9.64 Å². The molecule has 7 rings (SSSR count). The zero-order chi connectivity index (χ0) is 22.5. The maximum atomic E-state index is 6.03. The number of hydrogen-bond acceptors (Lipinski definition) is 2. The third-order valence-electron chi connectivity index (χ3n) is 6.94. The molecule has 34 heavy (non-hydrogen) atoms. The van der Waals surface area contributed by atoms with E-state index in [-0.39, 0.29) is 0 Å². The van der Waals surface area contributed by atoms with Gasteiger partial charge >= 0.3 is 0 Å². The monoisotopic (exact) mass is 437 g/mol. The SMILES string of the molecule is c1ccc(-c2cccc(N3c4ccccc4-c4ccccc4-c4ccc5c(c43)CCO5)c2)cc1. The Labute approximate surface area is 199 Å². The lowest BCUT2D eigenvalue weighted by Crippen LogP contribution is -2.13. The molecule has 0 unspecified atom stereocenters. The van der Waals surface area contributed by atoms with Crippen LogP contribution in [0.1, 0.15) is 5.56 Å². The molecule has 2 aliphatic heterocycles. The summed E-state index contributed by atoms with van der Waals surface area (Å²) in [4.78, 5) is 2.45. The van der Waals surface area contributed by atoms with Gasteiger partial charge in [0, 0.05) is 28.8 Å². The lowest BCUT2D eigenvalue weighted by Gasteiger charge is -2.29. The van der Waals surface area contributed by atoms with Gasteiger partial charge in [-0.2, -0.15) is 0 Å². The fourth-order valence-corrected chi connectivity index (χ4v) is 5.42. The number of rotatable bonds is 2. The van der Waals surface area contributed by atoms with Crippen molar-refractivity contribution in [3.8, 4) is 39.1 Å². The van der Waals surface area contributed by atoms with Gasteiger partial charge in [-0.15, -0.1) is 0 Å². The van der Waals surface area contributed by atoms with E-state index in [9.17, 15) is 0 Å². The minimum atomic E-state index is 0.729. The normalized spacial score (nSPS) is 13.2. The first kappa shape index (κ1) is 19.2. The fourth-order valence-electron chi connectivity index (χ4n) is 5.42. The highest BCUT2D eigenvalue weighted by atomic mass is 16.5. The smallest absolute Gasteiger partial charge is 0.124 e. The summed E-state index contributed by atoms with van der Waals surface area (Å²) in [6.45, 7) is 0.729. The highest BCUT2D eigenvalue weighted by Crippen LogP contribution is 2.54. The first-order valence-corrected chi connectivity index (χ1v) is 11.8. The van der Waals surface area contributed by atoms with Crippen molar-refractivity contribution in [3.63, 3.8) is 0 Å². The van der Waals surface area contributed by atoms with Crippen molar-refractivity contribution in [3.05, 3.63) is 121 Å². The van der Waals surface area contributed by atoms with Crippen molar-refractivity contribution in [1.82, 2.24) is 0 Å². The van der Waals surface area contributed by atoms with Crippen molar-refractivity contribution in [2.75, 3.05) is 11.5 Å². The van der Waals surface area contributed by atoms with Gasteiger partial charge in [0.05, 0.1) is 18.0 Å². The van der Waals surface area contributed by atoms with E-state index in [0.29, 0.717) is 0 Å². The number of para-hydroxylation sites is 1. The molecule has 2 heterocycles. The largest absolute Gasteiger partial charge is 0.493 e. The lowest BCUT2D eigenvalue weighted by atomic mass is 9.93. The molecule has 162 valence electrons. The van der Waals surface area contributed by atoms with Crippen molar-refractivity contribution in [2.45, 2.75) is 6.42 Å². The Morgan fingerprint density at radius 1 is 0.559 bits per heavy atom.